The van der Waals surface area contributed by atoms with Gasteiger partial charge in [0.15, 0.2) is 5.82 Å². The van der Waals surface area contributed by atoms with Gasteiger partial charge in [0.25, 0.3) is 0 Å². The Bertz CT molecular complexity index is 1650. The molecule has 0 atom stereocenters. The maximum absolute atomic E-state index is 13.7. The van der Waals surface area contributed by atoms with Crippen molar-refractivity contribution in [3.8, 4) is 23.2 Å². The first kappa shape index (κ1) is 31.6. The van der Waals surface area contributed by atoms with Gasteiger partial charge in [-0.25, -0.2) is 29.7 Å². The lowest BCUT2D eigenvalue weighted by atomic mass is 9.90. The summed E-state index contributed by atoms with van der Waals surface area (Å²) in [6.45, 7) is 3.13. The Balaban J connectivity index is 1.15. The van der Waals surface area contributed by atoms with Crippen LogP contribution in [0.5, 0.6) is 6.01 Å². The van der Waals surface area contributed by atoms with Crippen molar-refractivity contribution in [3.63, 3.8) is 0 Å². The van der Waals surface area contributed by atoms with E-state index in [1.54, 1.807) is 35.9 Å². The van der Waals surface area contributed by atoms with E-state index in [2.05, 4.69) is 46.5 Å². The minimum Gasteiger partial charge on any atom is -0.467 e. The zero-order valence-corrected chi connectivity index (χ0v) is 26.2. The standard InChI is InChI=1S/C33H37N11O3/c1-46-32-38-21-26(22-39-32)25-19-36-31(37-20-25)44(33(45)40-17-23-6-3-2-4-7-23)28-10-8-27(9-11-28)41-30-35-18-24(16-34)29(42-30)43-12-5-14-47-15-13-43/h2-4,6-7,18-22,27-28H,5,8-15,17H2,1H3,(H,40,45)(H,35,41,42). The molecule has 1 aliphatic carbocycles. The smallest absolute Gasteiger partial charge is 0.324 e. The van der Waals surface area contributed by atoms with E-state index in [1.165, 1.54) is 7.11 Å². The van der Waals surface area contributed by atoms with E-state index in [9.17, 15) is 10.1 Å². The number of amides is 2. The number of rotatable bonds is 9. The second-order valence-corrected chi connectivity index (χ2v) is 11.4. The van der Waals surface area contributed by atoms with Crippen molar-refractivity contribution >= 4 is 23.7 Å². The van der Waals surface area contributed by atoms with Crippen molar-refractivity contribution in [3.05, 3.63) is 72.4 Å². The quantitative estimate of drug-likeness (QED) is 0.272. The first-order valence-electron chi connectivity index (χ1n) is 15.8. The van der Waals surface area contributed by atoms with Gasteiger partial charge in [-0.15, -0.1) is 0 Å². The number of nitrogens with one attached hydrogen (secondary N) is 2. The van der Waals surface area contributed by atoms with Crippen LogP contribution >= 0.6 is 0 Å². The Labute approximate surface area is 273 Å². The van der Waals surface area contributed by atoms with Gasteiger partial charge in [0, 0.05) is 74.2 Å². The van der Waals surface area contributed by atoms with Crippen molar-refractivity contribution in [2.24, 2.45) is 0 Å². The highest BCUT2D eigenvalue weighted by atomic mass is 16.5. The molecule has 4 heterocycles. The molecule has 2 aliphatic rings. The molecule has 2 N–H and O–H groups in total. The predicted octanol–water partition coefficient (Wildman–Crippen LogP) is 3.97. The summed E-state index contributed by atoms with van der Waals surface area (Å²) in [7, 11) is 1.51. The van der Waals surface area contributed by atoms with Gasteiger partial charge >= 0.3 is 12.0 Å². The molecule has 1 aromatic carbocycles. The molecule has 47 heavy (non-hydrogen) atoms. The third-order valence-electron chi connectivity index (χ3n) is 8.31. The van der Waals surface area contributed by atoms with Crippen LogP contribution in [0.2, 0.25) is 0 Å². The fourth-order valence-electron chi connectivity index (χ4n) is 5.83. The van der Waals surface area contributed by atoms with Crippen LogP contribution in [0, 0.1) is 11.3 Å². The lowest BCUT2D eigenvalue weighted by Crippen LogP contribution is -2.49. The average Bonchev–Trinajstić information content (AvgIpc) is 3.42. The molecule has 0 unspecified atom stereocenters. The molecule has 242 valence electrons. The van der Waals surface area contributed by atoms with Gasteiger partial charge in [-0.05, 0) is 37.7 Å². The minimum atomic E-state index is -0.257. The van der Waals surface area contributed by atoms with Crippen LogP contribution in [0.4, 0.5) is 22.5 Å². The first-order chi connectivity index (χ1) is 23.1. The fourth-order valence-corrected chi connectivity index (χ4v) is 5.83. The van der Waals surface area contributed by atoms with E-state index < -0.39 is 0 Å². The lowest BCUT2D eigenvalue weighted by molar-refractivity contribution is 0.152. The van der Waals surface area contributed by atoms with Crippen molar-refractivity contribution in [2.75, 3.05) is 48.5 Å². The summed E-state index contributed by atoms with van der Waals surface area (Å²) in [6, 6.07) is 12.0. The molecule has 14 nitrogen and oxygen atoms in total. The number of nitriles is 1. The van der Waals surface area contributed by atoms with Crippen molar-refractivity contribution in [2.45, 2.75) is 50.7 Å². The normalized spacial score (nSPS) is 18.0. The molecule has 0 radical (unpaired) electrons. The molecule has 14 heteroatoms. The highest BCUT2D eigenvalue weighted by Gasteiger charge is 2.32. The number of urea groups is 1. The number of benzene rings is 1. The third kappa shape index (κ3) is 7.87. The van der Waals surface area contributed by atoms with Gasteiger partial charge in [0.1, 0.15) is 11.6 Å². The maximum atomic E-state index is 13.7. The molecule has 1 aliphatic heterocycles. The second kappa shape index (κ2) is 15.2. The Hall–Kier alpha value is -5.42. The van der Waals surface area contributed by atoms with Gasteiger partial charge in [0.2, 0.25) is 11.9 Å². The Morgan fingerprint density at radius 1 is 0.979 bits per heavy atom. The SMILES string of the molecule is COc1ncc(-c2cnc(N(C(=O)NCc3ccccc3)C3CCC(Nc4ncc(C#N)c(N5CCCOCC5)n4)CC3)nc2)cn1. The van der Waals surface area contributed by atoms with Crippen LogP contribution in [-0.2, 0) is 11.3 Å². The third-order valence-corrected chi connectivity index (χ3v) is 8.31. The van der Waals surface area contributed by atoms with Crippen LogP contribution in [-0.4, -0.2) is 81.4 Å². The molecule has 6 rings (SSSR count). The summed E-state index contributed by atoms with van der Waals surface area (Å²) in [5, 5.41) is 16.2. The number of methoxy groups -OCH3 is 1. The number of anilines is 3. The van der Waals surface area contributed by atoms with Crippen molar-refractivity contribution in [1.29, 1.82) is 5.26 Å². The average molecular weight is 636 g/mol. The number of aromatic nitrogens is 6. The topological polar surface area (TPSA) is 167 Å². The minimum absolute atomic E-state index is 0.104. The number of carbonyl (C=O) groups is 1. The van der Waals surface area contributed by atoms with Crippen LogP contribution in [0.3, 0.4) is 0 Å². The van der Waals surface area contributed by atoms with Crippen LogP contribution < -0.4 is 25.2 Å². The van der Waals surface area contributed by atoms with E-state index in [1.807, 2.05) is 30.3 Å². The second-order valence-electron chi connectivity index (χ2n) is 11.4. The molecule has 2 fully saturated rings. The molecular formula is C33H37N11O3. The summed E-state index contributed by atoms with van der Waals surface area (Å²) < 4.78 is 10.6. The molecular weight excluding hydrogens is 598 g/mol. The van der Waals surface area contributed by atoms with Gasteiger partial charge in [-0.2, -0.15) is 10.2 Å². The summed E-state index contributed by atoms with van der Waals surface area (Å²) in [5.74, 6) is 1.45. The van der Waals surface area contributed by atoms with Crippen LogP contribution in [0.15, 0.2) is 61.3 Å². The maximum Gasteiger partial charge on any atom is 0.324 e. The predicted molar refractivity (Wildman–Crippen MR) is 175 cm³/mol. The number of ether oxygens (including phenoxy) is 2. The largest absolute Gasteiger partial charge is 0.467 e. The van der Waals surface area contributed by atoms with Gasteiger partial charge in [-0.3, -0.25) is 4.90 Å². The molecule has 1 saturated heterocycles. The Kier molecular flexibility index (Phi) is 10.2. The van der Waals surface area contributed by atoms with Crippen LogP contribution in [0.1, 0.15) is 43.2 Å². The molecule has 3 aromatic heterocycles. The van der Waals surface area contributed by atoms with E-state index >= 15 is 0 Å². The van der Waals surface area contributed by atoms with Crippen molar-refractivity contribution < 1.29 is 14.3 Å². The van der Waals surface area contributed by atoms with Crippen LogP contribution in [0.25, 0.3) is 11.1 Å². The number of carbonyl (C=O) groups excluding carboxylic acids is 1. The van der Waals surface area contributed by atoms with Gasteiger partial charge in [0.05, 0.1) is 19.9 Å². The summed E-state index contributed by atoms with van der Waals surface area (Å²) in [5.41, 5.74) is 2.91. The monoisotopic (exact) mass is 635 g/mol. The summed E-state index contributed by atoms with van der Waals surface area (Å²) in [6.07, 6.45) is 12.1. The van der Waals surface area contributed by atoms with Gasteiger partial charge in [-0.1, -0.05) is 30.3 Å². The lowest BCUT2D eigenvalue weighted by Gasteiger charge is -2.36. The molecule has 0 bridgehead atoms. The zero-order chi connectivity index (χ0) is 32.4. The summed E-state index contributed by atoms with van der Waals surface area (Å²) >= 11 is 0. The fraction of sp³-hybridized carbons (Fsp3) is 0.394. The van der Waals surface area contributed by atoms with E-state index in [-0.39, 0.29) is 24.1 Å². The van der Waals surface area contributed by atoms with Gasteiger partial charge < -0.3 is 25.0 Å². The number of nitrogens with zero attached hydrogens (tertiary/aromatic N) is 9. The van der Waals surface area contributed by atoms with E-state index in [0.29, 0.717) is 49.6 Å². The Morgan fingerprint density at radius 3 is 2.40 bits per heavy atom. The highest BCUT2D eigenvalue weighted by Crippen LogP contribution is 2.29. The molecule has 1 saturated carbocycles. The number of hydrogen-bond donors (Lipinski definition) is 2. The highest BCUT2D eigenvalue weighted by molar-refractivity contribution is 5.90. The molecule has 0 spiro atoms. The number of hydrogen-bond acceptors (Lipinski definition) is 12. The van der Waals surface area contributed by atoms with E-state index in [4.69, 9.17) is 14.5 Å². The Morgan fingerprint density at radius 2 is 1.70 bits per heavy atom. The first-order valence-corrected chi connectivity index (χ1v) is 15.8. The summed E-state index contributed by atoms with van der Waals surface area (Å²) in [4.78, 5) is 44.2. The van der Waals surface area contributed by atoms with Crippen molar-refractivity contribution in [1.82, 2.24) is 35.2 Å². The van der Waals surface area contributed by atoms with E-state index in [0.717, 1.165) is 55.3 Å². The molecule has 4 aromatic rings. The zero-order valence-electron chi connectivity index (χ0n) is 26.2. The molecule has 2 amide bonds.